The topological polar surface area (TPSA) is 69.6 Å². The Bertz CT molecular complexity index is 3170. The second-order valence-corrected chi connectivity index (χ2v) is 13.9. The van der Waals surface area contributed by atoms with Crippen molar-refractivity contribution in [2.24, 2.45) is 0 Å². The fraction of sp³-hybridized carbons (Fsp3) is 0. The van der Waals surface area contributed by atoms with Crippen molar-refractivity contribution in [3.8, 4) is 62.4 Å². The maximum atomic E-state index is 6.67. The van der Waals surface area contributed by atoms with Gasteiger partial charge in [-0.25, -0.2) is 19.9 Å². The molecule has 262 valence electrons. The lowest BCUT2D eigenvalue weighted by Gasteiger charge is -2.12. The molecule has 6 heteroatoms. The summed E-state index contributed by atoms with van der Waals surface area (Å²) < 4.78 is 9.02. The quantitative estimate of drug-likeness (QED) is 0.171. The molecule has 0 unspecified atom stereocenters. The van der Waals surface area contributed by atoms with Gasteiger partial charge in [-0.05, 0) is 52.9 Å². The van der Waals surface area contributed by atoms with Crippen LogP contribution in [0.5, 0.6) is 0 Å². The summed E-state index contributed by atoms with van der Waals surface area (Å²) in [4.78, 5) is 19.7. The molecule has 56 heavy (non-hydrogen) atoms. The molecule has 0 aliphatic rings. The van der Waals surface area contributed by atoms with Gasteiger partial charge in [-0.3, -0.25) is 0 Å². The van der Waals surface area contributed by atoms with E-state index in [0.29, 0.717) is 23.4 Å². The lowest BCUT2D eigenvalue weighted by Crippen LogP contribution is -2.00. The first-order valence-corrected chi connectivity index (χ1v) is 18.6. The first-order chi connectivity index (χ1) is 27.7. The van der Waals surface area contributed by atoms with Crippen molar-refractivity contribution in [1.82, 2.24) is 24.5 Å². The summed E-state index contributed by atoms with van der Waals surface area (Å²) in [7, 11) is 0. The summed E-state index contributed by atoms with van der Waals surface area (Å²) >= 11 is 0. The van der Waals surface area contributed by atoms with Crippen LogP contribution in [0, 0.1) is 0 Å². The Balaban J connectivity index is 1.06. The molecule has 0 saturated heterocycles. The van der Waals surface area contributed by atoms with Crippen molar-refractivity contribution in [3.05, 3.63) is 188 Å². The van der Waals surface area contributed by atoms with Gasteiger partial charge in [-0.2, -0.15) is 0 Å². The van der Waals surface area contributed by atoms with Gasteiger partial charge in [0, 0.05) is 44.1 Å². The fourth-order valence-electron chi connectivity index (χ4n) is 7.78. The summed E-state index contributed by atoms with van der Waals surface area (Å²) in [6.45, 7) is 0. The fourth-order valence-corrected chi connectivity index (χ4v) is 7.78. The Morgan fingerprint density at radius 2 is 0.893 bits per heavy atom. The SMILES string of the molecule is c1ccc(-c2nc(-c3ccccc3)nc(-c3ccc(-c4cccc(-n5c6c7ccccc7ccc6c6ccc7nc(-c8ccccc8)oc7c65)c4)cc3)n2)cc1. The molecular weight excluding hydrogens is 687 g/mol. The number of fused-ring (bicyclic) bond motifs is 7. The molecule has 0 radical (unpaired) electrons. The van der Waals surface area contributed by atoms with E-state index in [4.69, 9.17) is 24.4 Å². The summed E-state index contributed by atoms with van der Waals surface area (Å²) in [5.74, 6) is 2.51. The predicted octanol–water partition coefficient (Wildman–Crippen LogP) is 12.6. The van der Waals surface area contributed by atoms with Gasteiger partial charge in [-0.1, -0.05) is 152 Å². The van der Waals surface area contributed by atoms with Crippen LogP contribution in [0.1, 0.15) is 0 Å². The average molecular weight is 718 g/mol. The third-order valence-electron chi connectivity index (χ3n) is 10.5. The first-order valence-electron chi connectivity index (χ1n) is 18.6. The molecule has 0 spiro atoms. The molecule has 0 amide bonds. The Labute approximate surface area is 322 Å². The molecule has 0 aliphatic carbocycles. The van der Waals surface area contributed by atoms with Gasteiger partial charge in [0.15, 0.2) is 23.1 Å². The number of hydrogen-bond donors (Lipinski definition) is 0. The highest BCUT2D eigenvalue weighted by atomic mass is 16.3. The second kappa shape index (κ2) is 13.0. The molecular formula is C50H31N5O. The van der Waals surface area contributed by atoms with Crippen molar-refractivity contribution in [3.63, 3.8) is 0 Å². The average Bonchev–Trinajstić information content (AvgIpc) is 3.87. The summed E-state index contributed by atoms with van der Waals surface area (Å²) in [6, 6.07) is 64.7. The lowest BCUT2D eigenvalue weighted by atomic mass is 10.0. The van der Waals surface area contributed by atoms with E-state index in [0.717, 1.165) is 72.0 Å². The molecule has 0 atom stereocenters. The maximum absolute atomic E-state index is 6.67. The molecule has 11 rings (SSSR count). The Hall–Kier alpha value is -7.70. The van der Waals surface area contributed by atoms with E-state index in [1.54, 1.807) is 0 Å². The first kappa shape index (κ1) is 31.8. The smallest absolute Gasteiger partial charge is 0.227 e. The van der Waals surface area contributed by atoms with Crippen LogP contribution in [0.4, 0.5) is 0 Å². The number of hydrogen-bond acceptors (Lipinski definition) is 5. The van der Waals surface area contributed by atoms with E-state index in [1.807, 2.05) is 91.0 Å². The van der Waals surface area contributed by atoms with Gasteiger partial charge in [-0.15, -0.1) is 0 Å². The largest absolute Gasteiger partial charge is 0.434 e. The predicted molar refractivity (Wildman–Crippen MR) is 226 cm³/mol. The standard InChI is InChI=1S/C50H31N5O/c1-4-14-34(15-5-1)47-52-48(35-16-6-2-7-17-35)54-49(53-47)36-25-23-32(24-26-36)38-20-12-21-39(31-38)55-44-40-22-11-10-13-33(40)27-28-41(44)42-29-30-43-46(45(42)55)56-50(51-43)37-18-8-3-9-19-37/h1-31H. The Kier molecular flexibility index (Phi) is 7.38. The normalized spacial score (nSPS) is 11.6. The monoisotopic (exact) mass is 717 g/mol. The van der Waals surface area contributed by atoms with Crippen LogP contribution < -0.4 is 0 Å². The number of oxazole rings is 1. The van der Waals surface area contributed by atoms with E-state index in [2.05, 4.69) is 102 Å². The van der Waals surface area contributed by atoms with Crippen LogP contribution in [-0.4, -0.2) is 24.5 Å². The van der Waals surface area contributed by atoms with Crippen molar-refractivity contribution < 1.29 is 4.42 Å². The van der Waals surface area contributed by atoms with Crippen LogP contribution in [0.2, 0.25) is 0 Å². The highest BCUT2D eigenvalue weighted by molar-refractivity contribution is 6.22. The van der Waals surface area contributed by atoms with Gasteiger partial charge in [0.1, 0.15) is 5.52 Å². The molecule has 3 aromatic heterocycles. The number of nitrogens with zero attached hydrogens (tertiary/aromatic N) is 5. The van der Waals surface area contributed by atoms with E-state index in [9.17, 15) is 0 Å². The second-order valence-electron chi connectivity index (χ2n) is 13.9. The molecule has 0 N–H and O–H groups in total. The highest BCUT2D eigenvalue weighted by Crippen LogP contribution is 2.41. The van der Waals surface area contributed by atoms with Crippen molar-refractivity contribution in [1.29, 1.82) is 0 Å². The summed E-state index contributed by atoms with van der Waals surface area (Å²) in [5, 5.41) is 4.63. The maximum Gasteiger partial charge on any atom is 0.227 e. The summed E-state index contributed by atoms with van der Waals surface area (Å²) in [6.07, 6.45) is 0. The van der Waals surface area contributed by atoms with Crippen LogP contribution in [0.15, 0.2) is 192 Å². The number of aromatic nitrogens is 5. The van der Waals surface area contributed by atoms with Gasteiger partial charge < -0.3 is 8.98 Å². The molecule has 8 aromatic carbocycles. The molecule has 0 saturated carbocycles. The molecule has 3 heterocycles. The zero-order chi connectivity index (χ0) is 37.0. The summed E-state index contributed by atoms with van der Waals surface area (Å²) in [5.41, 5.74) is 10.7. The minimum atomic E-state index is 0.605. The van der Waals surface area contributed by atoms with Gasteiger partial charge in [0.2, 0.25) is 5.89 Å². The zero-order valence-electron chi connectivity index (χ0n) is 30.0. The molecule has 0 bridgehead atoms. The lowest BCUT2D eigenvalue weighted by molar-refractivity contribution is 0.622. The van der Waals surface area contributed by atoms with Crippen LogP contribution in [0.25, 0.3) is 106 Å². The zero-order valence-corrected chi connectivity index (χ0v) is 30.0. The van der Waals surface area contributed by atoms with Crippen molar-refractivity contribution in [2.75, 3.05) is 0 Å². The van der Waals surface area contributed by atoms with E-state index in [-0.39, 0.29) is 0 Å². The van der Waals surface area contributed by atoms with E-state index in [1.165, 1.54) is 10.8 Å². The highest BCUT2D eigenvalue weighted by Gasteiger charge is 2.21. The van der Waals surface area contributed by atoms with E-state index < -0.39 is 0 Å². The number of rotatable bonds is 6. The molecule has 6 nitrogen and oxygen atoms in total. The van der Waals surface area contributed by atoms with Gasteiger partial charge in [0.05, 0.1) is 11.0 Å². The Morgan fingerprint density at radius 3 is 1.57 bits per heavy atom. The third kappa shape index (κ3) is 5.35. The van der Waals surface area contributed by atoms with Crippen molar-refractivity contribution in [2.45, 2.75) is 0 Å². The van der Waals surface area contributed by atoms with Crippen molar-refractivity contribution >= 4 is 43.7 Å². The number of benzene rings is 8. The van der Waals surface area contributed by atoms with E-state index >= 15 is 0 Å². The minimum Gasteiger partial charge on any atom is -0.434 e. The minimum absolute atomic E-state index is 0.605. The van der Waals surface area contributed by atoms with Crippen LogP contribution in [-0.2, 0) is 0 Å². The van der Waals surface area contributed by atoms with Gasteiger partial charge >= 0.3 is 0 Å². The molecule has 0 aliphatic heterocycles. The van der Waals surface area contributed by atoms with Gasteiger partial charge in [0.25, 0.3) is 0 Å². The molecule has 0 fully saturated rings. The Morgan fingerprint density at radius 1 is 0.357 bits per heavy atom. The van der Waals surface area contributed by atoms with Crippen LogP contribution >= 0.6 is 0 Å². The van der Waals surface area contributed by atoms with Crippen LogP contribution in [0.3, 0.4) is 0 Å². The third-order valence-corrected chi connectivity index (χ3v) is 10.5. The molecule has 11 aromatic rings.